The second-order valence-electron chi connectivity index (χ2n) is 3.16. The first-order valence-electron chi connectivity index (χ1n) is 3.97. The van der Waals surface area contributed by atoms with Gasteiger partial charge in [-0.1, -0.05) is 13.8 Å². The fourth-order valence-electron chi connectivity index (χ4n) is 1.07. The lowest BCUT2D eigenvalue weighted by molar-refractivity contribution is 0.781. The number of hydrogen-bond donors (Lipinski definition) is 0. The van der Waals surface area contributed by atoms with Gasteiger partial charge in [-0.15, -0.1) is 0 Å². The first-order chi connectivity index (χ1) is 5.68. The average molecular weight is 181 g/mol. The molecule has 2 aromatic rings. The summed E-state index contributed by atoms with van der Waals surface area (Å²) < 4.78 is 2.07. The van der Waals surface area contributed by atoms with E-state index in [1.54, 1.807) is 11.5 Å². The van der Waals surface area contributed by atoms with Crippen LogP contribution in [0.5, 0.6) is 0 Å². The molecule has 0 spiro atoms. The Labute approximate surface area is 75.2 Å². The highest BCUT2D eigenvalue weighted by atomic mass is 32.1. The van der Waals surface area contributed by atoms with Gasteiger partial charge in [0.05, 0.1) is 6.20 Å². The number of fused-ring (bicyclic) bond motifs is 1. The summed E-state index contributed by atoms with van der Waals surface area (Å²) in [6.45, 7) is 4.21. The fraction of sp³-hybridized carbons (Fsp3) is 0.500. The lowest BCUT2D eigenvalue weighted by atomic mass is 10.2. The molecule has 0 saturated carbocycles. The third kappa shape index (κ3) is 1.03. The molecule has 0 amide bonds. The maximum absolute atomic E-state index is 4.42. The second-order valence-corrected chi connectivity index (χ2v) is 4.28. The third-order valence-electron chi connectivity index (χ3n) is 1.83. The van der Waals surface area contributed by atoms with Gasteiger partial charge in [0.25, 0.3) is 0 Å². The van der Waals surface area contributed by atoms with E-state index < -0.39 is 0 Å². The van der Waals surface area contributed by atoms with Crippen molar-refractivity contribution < 1.29 is 0 Å². The smallest absolute Gasteiger partial charge is 0.160 e. The highest BCUT2D eigenvalue weighted by molar-refractivity contribution is 7.15. The van der Waals surface area contributed by atoms with Crippen LogP contribution >= 0.6 is 11.5 Å². The lowest BCUT2D eigenvalue weighted by Gasteiger charge is -2.10. The second kappa shape index (κ2) is 2.55. The number of hydrogen-bond acceptors (Lipinski definition) is 3. The molecule has 2 rings (SSSR count). The fourth-order valence-corrected chi connectivity index (χ4v) is 1.85. The molecule has 0 aromatic carbocycles. The van der Waals surface area contributed by atoms with E-state index in [1.807, 2.05) is 13.2 Å². The Balaban J connectivity index is 2.51. The molecule has 3 nitrogen and oxygen atoms in total. The Bertz CT molecular complexity index is 399. The van der Waals surface area contributed by atoms with Crippen molar-refractivity contribution >= 4 is 21.9 Å². The minimum absolute atomic E-state index is 0.418. The van der Waals surface area contributed by atoms with Crippen molar-refractivity contribution in [3.05, 3.63) is 12.0 Å². The molecule has 4 heteroatoms. The summed E-state index contributed by atoms with van der Waals surface area (Å²) >= 11 is 1.67. The number of aromatic nitrogens is 3. The van der Waals surface area contributed by atoms with Crippen molar-refractivity contribution in [1.82, 2.24) is 13.9 Å². The van der Waals surface area contributed by atoms with E-state index in [4.69, 9.17) is 0 Å². The molecular formula is C8H11N3S. The van der Waals surface area contributed by atoms with Crippen LogP contribution in [0.25, 0.3) is 10.3 Å². The Hall–Kier alpha value is -0.900. The largest absolute Gasteiger partial charge is 0.295 e. The predicted octanol–water partition coefficient (Wildman–Crippen LogP) is 2.15. The monoisotopic (exact) mass is 181 g/mol. The van der Waals surface area contributed by atoms with Crippen molar-refractivity contribution in [2.75, 3.05) is 0 Å². The van der Waals surface area contributed by atoms with Crippen LogP contribution in [0.4, 0.5) is 0 Å². The molecule has 2 heterocycles. The molecule has 0 atom stereocenters. The Morgan fingerprint density at radius 1 is 1.50 bits per heavy atom. The molecule has 0 bridgehead atoms. The summed E-state index contributed by atoms with van der Waals surface area (Å²) in [6, 6.07) is 0. The molecule has 0 radical (unpaired) electrons. The maximum Gasteiger partial charge on any atom is 0.160 e. The third-order valence-corrected chi connectivity index (χ3v) is 2.78. The molecule has 12 heavy (non-hydrogen) atoms. The van der Waals surface area contributed by atoms with Gasteiger partial charge in [0.2, 0.25) is 0 Å². The van der Waals surface area contributed by atoms with Crippen molar-refractivity contribution in [3.63, 3.8) is 0 Å². The van der Waals surface area contributed by atoms with E-state index in [-0.39, 0.29) is 0 Å². The minimum Gasteiger partial charge on any atom is -0.295 e. The van der Waals surface area contributed by atoms with Gasteiger partial charge in [-0.2, -0.15) is 0 Å². The molecule has 0 aliphatic carbocycles. The normalized spacial score (nSPS) is 11.7. The summed E-state index contributed by atoms with van der Waals surface area (Å²) in [5.41, 5.74) is 1.14. The van der Waals surface area contributed by atoms with Gasteiger partial charge in [0, 0.05) is 13.0 Å². The molecule has 0 aliphatic heterocycles. The van der Waals surface area contributed by atoms with Crippen LogP contribution in [0.3, 0.4) is 0 Å². The van der Waals surface area contributed by atoms with Gasteiger partial charge in [0.15, 0.2) is 4.83 Å². The summed E-state index contributed by atoms with van der Waals surface area (Å²) in [7, 11) is 2.02. The van der Waals surface area contributed by atoms with E-state index in [0.717, 1.165) is 16.2 Å². The van der Waals surface area contributed by atoms with Crippen molar-refractivity contribution in [3.8, 4) is 0 Å². The van der Waals surface area contributed by atoms with Crippen LogP contribution in [0.15, 0.2) is 6.20 Å². The summed E-state index contributed by atoms with van der Waals surface area (Å²) in [5.74, 6) is 1.36. The van der Waals surface area contributed by atoms with Crippen LogP contribution in [0, 0.1) is 0 Å². The molecule has 0 fully saturated rings. The highest BCUT2D eigenvalue weighted by Gasteiger charge is 2.08. The molecule has 0 aliphatic rings. The van der Waals surface area contributed by atoms with Gasteiger partial charge >= 0.3 is 0 Å². The molecular weight excluding hydrogens is 170 g/mol. The topological polar surface area (TPSA) is 30.7 Å². The quantitative estimate of drug-likeness (QED) is 0.675. The predicted molar refractivity (Wildman–Crippen MR) is 50.5 cm³/mol. The van der Waals surface area contributed by atoms with E-state index >= 15 is 0 Å². The van der Waals surface area contributed by atoms with Crippen LogP contribution < -0.4 is 0 Å². The van der Waals surface area contributed by atoms with E-state index in [0.29, 0.717) is 5.92 Å². The highest BCUT2D eigenvalue weighted by Crippen LogP contribution is 2.22. The zero-order chi connectivity index (χ0) is 8.72. The average Bonchev–Trinajstić information content (AvgIpc) is 2.01. The van der Waals surface area contributed by atoms with Gasteiger partial charge in [0.1, 0.15) is 11.3 Å². The summed E-state index contributed by atoms with van der Waals surface area (Å²) in [4.78, 5) is 9.80. The van der Waals surface area contributed by atoms with Crippen LogP contribution in [-0.4, -0.2) is 13.9 Å². The number of rotatable bonds is 1. The first-order valence-corrected chi connectivity index (χ1v) is 4.74. The van der Waals surface area contributed by atoms with Crippen molar-refractivity contribution in [1.29, 1.82) is 0 Å². The molecule has 0 saturated heterocycles. The van der Waals surface area contributed by atoms with Gasteiger partial charge < -0.3 is 0 Å². The Morgan fingerprint density at radius 3 is 2.75 bits per heavy atom. The van der Waals surface area contributed by atoms with Gasteiger partial charge in [-0.25, -0.2) is 9.97 Å². The lowest BCUT2D eigenvalue weighted by Crippen LogP contribution is -2.02. The Morgan fingerprint density at radius 2 is 2.25 bits per heavy atom. The molecule has 64 valence electrons. The van der Waals surface area contributed by atoms with E-state index in [2.05, 4.69) is 27.8 Å². The Kier molecular flexibility index (Phi) is 1.65. The molecule has 0 unspecified atom stereocenters. The molecule has 0 N–H and O–H groups in total. The standard InChI is InChI=1S/C8H11N3S/c1-5(2)7-9-4-6-8(10-7)12-11(6)3/h4-5H,1-3H3. The van der Waals surface area contributed by atoms with Gasteiger partial charge in [-0.3, -0.25) is 3.96 Å². The number of aryl methyl sites for hydroxylation is 1. The first kappa shape index (κ1) is 7.73. The van der Waals surface area contributed by atoms with Crippen LogP contribution in [-0.2, 0) is 7.05 Å². The summed E-state index contributed by atoms with van der Waals surface area (Å²) in [5, 5.41) is 0. The van der Waals surface area contributed by atoms with Crippen molar-refractivity contribution in [2.45, 2.75) is 19.8 Å². The maximum atomic E-state index is 4.42. The van der Waals surface area contributed by atoms with Crippen LogP contribution in [0.2, 0.25) is 0 Å². The zero-order valence-electron chi connectivity index (χ0n) is 7.40. The van der Waals surface area contributed by atoms with Gasteiger partial charge in [-0.05, 0) is 11.5 Å². The van der Waals surface area contributed by atoms with E-state index in [1.165, 1.54) is 0 Å². The molecule has 2 aromatic heterocycles. The number of nitrogens with zero attached hydrogens (tertiary/aromatic N) is 3. The SMILES string of the molecule is CC(C)c1ncc2c(n1)sn2C. The van der Waals surface area contributed by atoms with Crippen molar-refractivity contribution in [2.24, 2.45) is 7.05 Å². The van der Waals surface area contributed by atoms with E-state index in [9.17, 15) is 0 Å². The summed E-state index contributed by atoms with van der Waals surface area (Å²) in [6.07, 6.45) is 1.90. The minimum atomic E-state index is 0.418. The van der Waals surface area contributed by atoms with Crippen LogP contribution in [0.1, 0.15) is 25.6 Å². The zero-order valence-corrected chi connectivity index (χ0v) is 8.22.